The first-order valence-corrected chi connectivity index (χ1v) is 10.4. The highest BCUT2D eigenvalue weighted by Gasteiger charge is 2.28. The number of piperidine rings is 1. The van der Waals surface area contributed by atoms with Gasteiger partial charge in [0.15, 0.2) is 5.65 Å². The maximum absolute atomic E-state index is 13.4. The molecular weight excluding hydrogens is 453 g/mol. The van der Waals surface area contributed by atoms with Gasteiger partial charge in [0.2, 0.25) is 0 Å². The molecule has 1 aliphatic rings. The summed E-state index contributed by atoms with van der Waals surface area (Å²) in [5.41, 5.74) is -0.142. The van der Waals surface area contributed by atoms with Crippen LogP contribution in [0.5, 0.6) is 0 Å². The van der Waals surface area contributed by atoms with E-state index >= 15 is 0 Å². The van der Waals surface area contributed by atoms with Gasteiger partial charge in [-0.15, -0.1) is 0 Å². The number of carbonyl (C=O) groups excluding carboxylic acids is 1. The Labute approximate surface area is 176 Å². The van der Waals surface area contributed by atoms with E-state index in [9.17, 15) is 9.18 Å². The molecule has 0 saturated carbocycles. The molecule has 0 radical (unpaired) electrons. The zero-order valence-electron chi connectivity index (χ0n) is 16.2. The average molecular weight is 477 g/mol. The third-order valence-electron chi connectivity index (χ3n) is 4.43. The van der Waals surface area contributed by atoms with Crippen LogP contribution in [-0.2, 0) is 4.74 Å². The molecule has 7 nitrogen and oxygen atoms in total. The normalized spacial score (nSPS) is 16.5. The molecule has 3 rings (SSSR count). The van der Waals surface area contributed by atoms with Gasteiger partial charge in [-0.3, -0.25) is 4.90 Å². The molecule has 1 fully saturated rings. The number of anilines is 1. The van der Waals surface area contributed by atoms with Crippen LogP contribution in [0.1, 0.15) is 33.6 Å². The van der Waals surface area contributed by atoms with Crippen LogP contribution >= 0.6 is 27.5 Å². The van der Waals surface area contributed by atoms with Crippen molar-refractivity contribution in [1.82, 2.24) is 19.5 Å². The predicted molar refractivity (Wildman–Crippen MR) is 110 cm³/mol. The van der Waals surface area contributed by atoms with Gasteiger partial charge >= 0.3 is 6.09 Å². The molecule has 28 heavy (non-hydrogen) atoms. The van der Waals surface area contributed by atoms with Crippen molar-refractivity contribution >= 4 is 45.1 Å². The molecule has 2 aromatic heterocycles. The first kappa shape index (κ1) is 21.3. The molecule has 1 aliphatic heterocycles. The average Bonchev–Trinajstić information content (AvgIpc) is 2.96. The molecule has 10 heteroatoms. The van der Waals surface area contributed by atoms with Crippen molar-refractivity contribution in [1.29, 1.82) is 0 Å². The Morgan fingerprint density at radius 3 is 2.75 bits per heavy atom. The number of nitrogens with zero attached hydrogens (tertiary/aromatic N) is 5. The Morgan fingerprint density at radius 2 is 2.11 bits per heavy atom. The van der Waals surface area contributed by atoms with Gasteiger partial charge in [-0.1, -0.05) is 11.6 Å². The zero-order chi connectivity index (χ0) is 20.5. The molecule has 1 amide bonds. The van der Waals surface area contributed by atoms with E-state index in [2.05, 4.69) is 30.9 Å². The fourth-order valence-corrected chi connectivity index (χ4v) is 3.59. The van der Waals surface area contributed by atoms with E-state index in [4.69, 9.17) is 16.3 Å². The smallest absolute Gasteiger partial charge is 0.416 e. The van der Waals surface area contributed by atoms with Crippen molar-refractivity contribution in [2.75, 3.05) is 31.1 Å². The molecule has 2 aromatic rings. The summed E-state index contributed by atoms with van der Waals surface area (Å²) in [5, 5.41) is 4.55. The molecule has 154 valence electrons. The van der Waals surface area contributed by atoms with E-state index in [1.165, 1.54) is 4.90 Å². The Hall–Kier alpha value is -1.45. The van der Waals surface area contributed by atoms with E-state index in [0.717, 1.165) is 0 Å². The van der Waals surface area contributed by atoms with Gasteiger partial charge in [0.1, 0.15) is 22.7 Å². The Balaban J connectivity index is 1.89. The summed E-state index contributed by atoms with van der Waals surface area (Å²) < 4.78 is 21.2. The molecule has 0 bridgehead atoms. The Bertz CT molecular complexity index is 848. The SMILES string of the molecule is CC(C)(C)OC(=O)N(CCN1CCC(F)CC1)c1cc(Cl)nc2c(Br)cnn12. The van der Waals surface area contributed by atoms with Crippen molar-refractivity contribution < 1.29 is 13.9 Å². The fourth-order valence-electron chi connectivity index (χ4n) is 3.07. The number of likely N-dealkylation sites (tertiary alicyclic amines) is 1. The monoisotopic (exact) mass is 475 g/mol. The molecule has 0 N–H and O–H groups in total. The largest absolute Gasteiger partial charge is 0.443 e. The lowest BCUT2D eigenvalue weighted by molar-refractivity contribution is 0.0571. The van der Waals surface area contributed by atoms with Crippen molar-refractivity contribution in [3.05, 3.63) is 21.9 Å². The number of aromatic nitrogens is 3. The number of hydrogen-bond acceptors (Lipinski definition) is 5. The van der Waals surface area contributed by atoms with Crippen molar-refractivity contribution in [2.45, 2.75) is 45.4 Å². The third-order valence-corrected chi connectivity index (χ3v) is 5.18. The number of ether oxygens (including phenoxy) is 1. The van der Waals surface area contributed by atoms with Gasteiger partial charge in [0, 0.05) is 32.2 Å². The maximum atomic E-state index is 13.4. The highest BCUT2D eigenvalue weighted by Crippen LogP contribution is 2.26. The minimum atomic E-state index is -0.738. The molecular formula is C18H24BrClFN5O2. The number of rotatable bonds is 4. The minimum Gasteiger partial charge on any atom is -0.443 e. The van der Waals surface area contributed by atoms with Crippen LogP contribution in [0.15, 0.2) is 16.7 Å². The van der Waals surface area contributed by atoms with Crippen molar-refractivity contribution in [2.24, 2.45) is 0 Å². The van der Waals surface area contributed by atoms with Gasteiger partial charge in [-0.05, 0) is 49.5 Å². The first-order chi connectivity index (χ1) is 13.1. The second-order valence-electron chi connectivity index (χ2n) is 7.81. The fraction of sp³-hybridized carbons (Fsp3) is 0.611. The highest BCUT2D eigenvalue weighted by molar-refractivity contribution is 9.10. The Morgan fingerprint density at radius 1 is 1.43 bits per heavy atom. The first-order valence-electron chi connectivity index (χ1n) is 9.21. The van der Waals surface area contributed by atoms with E-state index in [1.807, 2.05) is 20.8 Å². The number of halogens is 3. The molecule has 0 atom stereocenters. The summed E-state index contributed by atoms with van der Waals surface area (Å²) in [6, 6.07) is 1.59. The predicted octanol–water partition coefficient (Wildman–Crippen LogP) is 4.32. The molecule has 0 aliphatic carbocycles. The minimum absolute atomic E-state index is 0.246. The lowest BCUT2D eigenvalue weighted by atomic mass is 10.1. The lowest BCUT2D eigenvalue weighted by Gasteiger charge is -2.32. The molecule has 0 unspecified atom stereocenters. The Kier molecular flexibility index (Phi) is 6.46. The zero-order valence-corrected chi connectivity index (χ0v) is 18.5. The van der Waals surface area contributed by atoms with E-state index in [1.54, 1.807) is 16.8 Å². The summed E-state index contributed by atoms with van der Waals surface area (Å²) >= 11 is 9.59. The van der Waals surface area contributed by atoms with E-state index in [0.29, 0.717) is 55.0 Å². The van der Waals surface area contributed by atoms with Crippen LogP contribution < -0.4 is 4.90 Å². The van der Waals surface area contributed by atoms with Gasteiger partial charge in [0.25, 0.3) is 0 Å². The van der Waals surface area contributed by atoms with Gasteiger partial charge in [-0.25, -0.2) is 14.2 Å². The molecule has 0 spiro atoms. The molecule has 0 aromatic carbocycles. The number of fused-ring (bicyclic) bond motifs is 1. The summed E-state index contributed by atoms with van der Waals surface area (Å²) in [5.74, 6) is 0.468. The number of amides is 1. The van der Waals surface area contributed by atoms with E-state index < -0.39 is 17.9 Å². The van der Waals surface area contributed by atoms with Crippen LogP contribution in [0.4, 0.5) is 15.0 Å². The van der Waals surface area contributed by atoms with Gasteiger partial charge < -0.3 is 9.64 Å². The second-order valence-corrected chi connectivity index (χ2v) is 9.05. The van der Waals surface area contributed by atoms with Crippen molar-refractivity contribution in [3.63, 3.8) is 0 Å². The highest BCUT2D eigenvalue weighted by atomic mass is 79.9. The second kappa shape index (κ2) is 8.51. The van der Waals surface area contributed by atoms with E-state index in [-0.39, 0.29) is 5.15 Å². The van der Waals surface area contributed by atoms with Crippen LogP contribution in [0.25, 0.3) is 5.65 Å². The van der Waals surface area contributed by atoms with Gasteiger partial charge in [-0.2, -0.15) is 9.61 Å². The molecule has 1 saturated heterocycles. The molecule has 3 heterocycles. The quantitative estimate of drug-likeness (QED) is 0.615. The van der Waals surface area contributed by atoms with Crippen LogP contribution in [0, 0.1) is 0 Å². The topological polar surface area (TPSA) is 63.0 Å². The number of alkyl halides is 1. The number of hydrogen-bond donors (Lipinski definition) is 0. The lowest BCUT2D eigenvalue weighted by Crippen LogP contribution is -2.44. The summed E-state index contributed by atoms with van der Waals surface area (Å²) in [7, 11) is 0. The van der Waals surface area contributed by atoms with Gasteiger partial charge in [0.05, 0.1) is 10.7 Å². The summed E-state index contributed by atoms with van der Waals surface area (Å²) in [6.07, 6.45) is 1.40. The summed E-state index contributed by atoms with van der Waals surface area (Å²) in [6.45, 7) is 7.74. The summed E-state index contributed by atoms with van der Waals surface area (Å²) in [4.78, 5) is 20.9. The number of carbonyl (C=O) groups is 1. The maximum Gasteiger partial charge on any atom is 0.416 e. The van der Waals surface area contributed by atoms with Crippen LogP contribution in [-0.4, -0.2) is 63.5 Å². The third kappa shape index (κ3) is 5.12. The van der Waals surface area contributed by atoms with Crippen LogP contribution in [0.2, 0.25) is 5.15 Å². The van der Waals surface area contributed by atoms with Crippen molar-refractivity contribution in [3.8, 4) is 0 Å². The standard InChI is InChI=1S/C18H24BrClFN5O2/c1-18(2,3)28-17(27)25(9-8-24-6-4-12(21)5-7-24)15-10-14(20)23-16-13(19)11-22-26(15)16/h10-12H,4-9H2,1-3H3. The van der Waals surface area contributed by atoms with Crippen LogP contribution in [0.3, 0.4) is 0 Å².